The number of rotatable bonds is 4. The van der Waals surface area contributed by atoms with Gasteiger partial charge in [-0.3, -0.25) is 4.90 Å². The zero-order valence-electron chi connectivity index (χ0n) is 15.8. The summed E-state index contributed by atoms with van der Waals surface area (Å²) in [4.78, 5) is 5.39. The quantitative estimate of drug-likeness (QED) is 0.856. The Balaban J connectivity index is 0.000000220. The number of hydrogen-bond donors (Lipinski definition) is 1. The van der Waals surface area contributed by atoms with Gasteiger partial charge in [0.25, 0.3) is 0 Å². The van der Waals surface area contributed by atoms with Crippen LogP contribution in [0.5, 0.6) is 0 Å². The lowest BCUT2D eigenvalue weighted by molar-refractivity contribution is 0.112. The van der Waals surface area contributed by atoms with E-state index in [1.54, 1.807) is 0 Å². The molecule has 1 aliphatic carbocycles. The zero-order chi connectivity index (χ0) is 16.2. The molecule has 0 aromatic carbocycles. The lowest BCUT2D eigenvalue weighted by atomic mass is 9.84. The molecule has 3 heterocycles. The van der Waals surface area contributed by atoms with Gasteiger partial charge in [0.15, 0.2) is 0 Å². The number of piperidine rings is 1. The molecule has 3 saturated heterocycles. The van der Waals surface area contributed by atoms with E-state index in [1.165, 1.54) is 77.7 Å². The van der Waals surface area contributed by atoms with Crippen molar-refractivity contribution in [2.24, 2.45) is 11.8 Å². The summed E-state index contributed by atoms with van der Waals surface area (Å²) < 4.78 is 0. The van der Waals surface area contributed by atoms with Crippen LogP contribution in [0, 0.1) is 11.8 Å². The Hall–Kier alpha value is -0.120. The highest BCUT2D eigenvalue weighted by molar-refractivity contribution is 4.98. The molecule has 1 N–H and O–H groups in total. The molecule has 0 radical (unpaired) electrons. The third kappa shape index (κ3) is 4.70. The van der Waals surface area contributed by atoms with Gasteiger partial charge in [-0.15, -0.1) is 0 Å². The number of fused-ring (bicyclic) bond motifs is 2. The second-order valence-corrected chi connectivity index (χ2v) is 8.73. The third-order valence-electron chi connectivity index (χ3n) is 6.84. The number of nitrogens with zero attached hydrogens (tertiary/aromatic N) is 2. The van der Waals surface area contributed by atoms with Crippen LogP contribution in [0.15, 0.2) is 0 Å². The highest BCUT2D eigenvalue weighted by atomic mass is 15.3. The summed E-state index contributed by atoms with van der Waals surface area (Å²) in [6.07, 6.45) is 10.2. The molecule has 2 bridgehead atoms. The second-order valence-electron chi connectivity index (χ2n) is 8.73. The molecule has 0 amide bonds. The Morgan fingerprint density at radius 3 is 2.17 bits per heavy atom. The lowest BCUT2D eigenvalue weighted by Gasteiger charge is -2.37. The van der Waals surface area contributed by atoms with Crippen LogP contribution in [-0.4, -0.2) is 60.6 Å². The van der Waals surface area contributed by atoms with E-state index in [4.69, 9.17) is 0 Å². The van der Waals surface area contributed by atoms with E-state index in [2.05, 4.69) is 35.9 Å². The molecular formula is C20H39N3. The average Bonchev–Trinajstić information content (AvgIpc) is 3.10. The summed E-state index contributed by atoms with van der Waals surface area (Å²) >= 11 is 0. The van der Waals surface area contributed by atoms with Crippen LogP contribution in [0.3, 0.4) is 0 Å². The Labute approximate surface area is 144 Å². The van der Waals surface area contributed by atoms with Crippen LogP contribution in [0.2, 0.25) is 0 Å². The van der Waals surface area contributed by atoms with Gasteiger partial charge in [-0.2, -0.15) is 0 Å². The first-order valence-corrected chi connectivity index (χ1v) is 10.4. The fourth-order valence-corrected chi connectivity index (χ4v) is 4.76. The molecule has 134 valence electrons. The van der Waals surface area contributed by atoms with E-state index in [1.807, 2.05) is 0 Å². The SMILES string of the molecule is CC(C)N1CCC(CN2C[C@@H]3CC2CN3)CC1.CCC1CCC1. The van der Waals surface area contributed by atoms with Crippen LogP contribution in [0.25, 0.3) is 0 Å². The maximum atomic E-state index is 3.60. The van der Waals surface area contributed by atoms with Crippen molar-refractivity contribution >= 4 is 0 Å². The van der Waals surface area contributed by atoms with Gasteiger partial charge in [0.2, 0.25) is 0 Å². The van der Waals surface area contributed by atoms with E-state index >= 15 is 0 Å². The van der Waals surface area contributed by atoms with E-state index in [9.17, 15) is 0 Å². The van der Waals surface area contributed by atoms with Crippen LogP contribution in [0.1, 0.15) is 65.7 Å². The molecule has 2 atom stereocenters. The molecule has 3 heteroatoms. The maximum absolute atomic E-state index is 3.60. The lowest BCUT2D eigenvalue weighted by Crippen LogP contribution is -2.47. The van der Waals surface area contributed by atoms with Gasteiger partial charge < -0.3 is 10.2 Å². The van der Waals surface area contributed by atoms with Crippen molar-refractivity contribution in [1.29, 1.82) is 0 Å². The van der Waals surface area contributed by atoms with Crippen molar-refractivity contribution in [3.05, 3.63) is 0 Å². The van der Waals surface area contributed by atoms with Crippen molar-refractivity contribution in [3.63, 3.8) is 0 Å². The van der Waals surface area contributed by atoms with Crippen LogP contribution >= 0.6 is 0 Å². The minimum Gasteiger partial charge on any atom is -0.311 e. The number of hydrogen-bond acceptors (Lipinski definition) is 3. The highest BCUT2D eigenvalue weighted by Gasteiger charge is 2.38. The average molecular weight is 322 g/mol. The molecule has 1 saturated carbocycles. The first-order chi connectivity index (χ1) is 11.2. The third-order valence-corrected chi connectivity index (χ3v) is 6.84. The van der Waals surface area contributed by atoms with E-state index in [-0.39, 0.29) is 0 Å². The van der Waals surface area contributed by atoms with Gasteiger partial charge in [-0.1, -0.05) is 32.6 Å². The Morgan fingerprint density at radius 2 is 1.78 bits per heavy atom. The van der Waals surface area contributed by atoms with Crippen molar-refractivity contribution in [3.8, 4) is 0 Å². The summed E-state index contributed by atoms with van der Waals surface area (Å²) in [5.74, 6) is 2.08. The van der Waals surface area contributed by atoms with E-state index < -0.39 is 0 Å². The standard InChI is InChI=1S/C14H27N3.C6H12/c1-11(2)16-5-3-12(4-6-16)9-17-10-13-7-14(17)8-15-13;1-2-6-4-3-5-6/h11-15H,3-10H2,1-2H3;6H,2-5H2,1H3/t13-,14?;/m0./s1. The van der Waals surface area contributed by atoms with Gasteiger partial charge in [-0.25, -0.2) is 0 Å². The predicted octanol–water partition coefficient (Wildman–Crippen LogP) is 3.35. The Morgan fingerprint density at radius 1 is 1.04 bits per heavy atom. The molecule has 23 heavy (non-hydrogen) atoms. The summed E-state index contributed by atoms with van der Waals surface area (Å²) in [5.41, 5.74) is 0. The summed E-state index contributed by atoms with van der Waals surface area (Å²) in [5, 5.41) is 3.60. The first kappa shape index (κ1) is 17.7. The van der Waals surface area contributed by atoms with Crippen LogP contribution < -0.4 is 5.32 Å². The maximum Gasteiger partial charge on any atom is 0.0236 e. The topological polar surface area (TPSA) is 18.5 Å². The minimum atomic E-state index is 0.739. The Kier molecular flexibility index (Phi) is 6.39. The molecule has 3 nitrogen and oxygen atoms in total. The largest absolute Gasteiger partial charge is 0.311 e. The van der Waals surface area contributed by atoms with E-state index in [0.717, 1.165) is 30.0 Å². The van der Waals surface area contributed by atoms with Crippen molar-refractivity contribution in [1.82, 2.24) is 15.1 Å². The normalized spacial score (nSPS) is 32.9. The number of nitrogens with one attached hydrogen (secondary N) is 1. The Bertz CT molecular complexity index is 342. The zero-order valence-corrected chi connectivity index (χ0v) is 15.8. The van der Waals surface area contributed by atoms with Gasteiger partial charge >= 0.3 is 0 Å². The first-order valence-electron chi connectivity index (χ1n) is 10.4. The molecule has 0 aromatic rings. The summed E-state index contributed by atoms with van der Waals surface area (Å²) in [6, 6.07) is 2.42. The molecule has 4 aliphatic rings. The fourth-order valence-electron chi connectivity index (χ4n) is 4.76. The molecule has 3 aliphatic heterocycles. The van der Waals surface area contributed by atoms with Crippen LogP contribution in [-0.2, 0) is 0 Å². The molecule has 4 fully saturated rings. The van der Waals surface area contributed by atoms with Gasteiger partial charge in [0.05, 0.1) is 0 Å². The van der Waals surface area contributed by atoms with Crippen molar-refractivity contribution in [2.45, 2.75) is 83.8 Å². The van der Waals surface area contributed by atoms with Gasteiger partial charge in [-0.05, 0) is 58.0 Å². The molecule has 4 rings (SSSR count). The minimum absolute atomic E-state index is 0.739. The highest BCUT2D eigenvalue weighted by Crippen LogP contribution is 2.28. The molecular weight excluding hydrogens is 282 g/mol. The van der Waals surface area contributed by atoms with Crippen molar-refractivity contribution < 1.29 is 0 Å². The van der Waals surface area contributed by atoms with E-state index in [0.29, 0.717) is 0 Å². The van der Waals surface area contributed by atoms with Crippen LogP contribution in [0.4, 0.5) is 0 Å². The molecule has 0 aromatic heterocycles. The summed E-state index contributed by atoms with van der Waals surface area (Å²) in [7, 11) is 0. The van der Waals surface area contributed by atoms with Gasteiger partial charge in [0, 0.05) is 37.8 Å². The number of piperazine rings is 1. The van der Waals surface area contributed by atoms with Crippen molar-refractivity contribution in [2.75, 3.05) is 32.7 Å². The summed E-state index contributed by atoms with van der Waals surface area (Å²) in [6.45, 7) is 13.5. The fraction of sp³-hybridized carbons (Fsp3) is 1.00. The molecule has 1 unspecified atom stereocenters. The molecule has 0 spiro atoms. The monoisotopic (exact) mass is 321 g/mol. The smallest absolute Gasteiger partial charge is 0.0236 e. The van der Waals surface area contributed by atoms with Gasteiger partial charge in [0.1, 0.15) is 0 Å². The number of likely N-dealkylation sites (tertiary alicyclic amines) is 2. The predicted molar refractivity (Wildman–Crippen MR) is 98.8 cm³/mol. The second kappa shape index (κ2) is 8.31.